The second kappa shape index (κ2) is 4.06. The molecule has 1 heterocycles. The zero-order chi connectivity index (χ0) is 8.10. The predicted octanol–water partition coefficient (Wildman–Crippen LogP) is 1.99. The molecule has 0 amide bonds. The van der Waals surface area contributed by atoms with Gasteiger partial charge in [0.05, 0.1) is 11.4 Å². The number of hydrogen-bond acceptors (Lipinski definition) is 2. The highest BCUT2D eigenvalue weighted by molar-refractivity contribution is 5.10. The van der Waals surface area contributed by atoms with Crippen molar-refractivity contribution < 1.29 is 0 Å². The summed E-state index contributed by atoms with van der Waals surface area (Å²) in [6, 6.07) is 0. The molecule has 0 saturated heterocycles. The van der Waals surface area contributed by atoms with Crippen LogP contribution in [0.4, 0.5) is 0 Å². The first-order valence-electron chi connectivity index (χ1n) is 4.17. The molecule has 11 heavy (non-hydrogen) atoms. The molecule has 0 radical (unpaired) electrons. The molecule has 2 nitrogen and oxygen atoms in total. The van der Waals surface area contributed by atoms with Crippen LogP contribution in [-0.2, 0) is 12.8 Å². The highest BCUT2D eigenvalue weighted by Crippen LogP contribution is 2.04. The van der Waals surface area contributed by atoms with Gasteiger partial charge in [0.25, 0.3) is 0 Å². The average molecular weight is 150 g/mol. The van der Waals surface area contributed by atoms with Crippen molar-refractivity contribution in [1.29, 1.82) is 0 Å². The van der Waals surface area contributed by atoms with Crippen molar-refractivity contribution in [1.82, 2.24) is 9.97 Å². The van der Waals surface area contributed by atoms with E-state index >= 15 is 0 Å². The maximum atomic E-state index is 4.28. The summed E-state index contributed by atoms with van der Waals surface area (Å²) in [6.45, 7) is 4.28. The van der Waals surface area contributed by atoms with Crippen molar-refractivity contribution in [2.75, 3.05) is 0 Å². The SMILES string of the molecule is CCCc1nccnc1CC. The average Bonchev–Trinajstić information content (AvgIpc) is 2.06. The van der Waals surface area contributed by atoms with Gasteiger partial charge in [0.2, 0.25) is 0 Å². The molecule has 0 N–H and O–H groups in total. The van der Waals surface area contributed by atoms with Crippen LogP contribution >= 0.6 is 0 Å². The van der Waals surface area contributed by atoms with Crippen molar-refractivity contribution >= 4 is 0 Å². The van der Waals surface area contributed by atoms with Crippen LogP contribution in [0.25, 0.3) is 0 Å². The van der Waals surface area contributed by atoms with E-state index in [1.807, 2.05) is 0 Å². The van der Waals surface area contributed by atoms with Crippen LogP contribution in [-0.4, -0.2) is 9.97 Å². The highest BCUT2D eigenvalue weighted by atomic mass is 14.8. The Hall–Kier alpha value is -0.920. The van der Waals surface area contributed by atoms with Crippen LogP contribution < -0.4 is 0 Å². The Morgan fingerprint density at radius 3 is 2.27 bits per heavy atom. The predicted molar refractivity (Wildman–Crippen MR) is 45.4 cm³/mol. The Balaban J connectivity index is 2.83. The standard InChI is InChI=1S/C9H14N2/c1-3-5-9-8(4-2)10-6-7-11-9/h6-7H,3-5H2,1-2H3. The van der Waals surface area contributed by atoms with Gasteiger partial charge in [-0.3, -0.25) is 9.97 Å². The summed E-state index contributed by atoms with van der Waals surface area (Å²) >= 11 is 0. The molecule has 0 aliphatic rings. The molecule has 0 aliphatic heterocycles. The van der Waals surface area contributed by atoms with Gasteiger partial charge in [-0.2, -0.15) is 0 Å². The Morgan fingerprint density at radius 1 is 1.09 bits per heavy atom. The monoisotopic (exact) mass is 150 g/mol. The molecule has 0 atom stereocenters. The fourth-order valence-electron chi connectivity index (χ4n) is 1.14. The molecule has 0 spiro atoms. The summed E-state index contributed by atoms with van der Waals surface area (Å²) in [5, 5.41) is 0. The molecular formula is C9H14N2. The van der Waals surface area contributed by atoms with E-state index in [0.717, 1.165) is 30.7 Å². The van der Waals surface area contributed by atoms with E-state index in [1.54, 1.807) is 12.4 Å². The van der Waals surface area contributed by atoms with Crippen LogP contribution in [0.15, 0.2) is 12.4 Å². The molecule has 0 saturated carbocycles. The Bertz CT molecular complexity index is 221. The van der Waals surface area contributed by atoms with Crippen LogP contribution in [0.1, 0.15) is 31.7 Å². The second-order valence-corrected chi connectivity index (χ2v) is 2.55. The second-order valence-electron chi connectivity index (χ2n) is 2.55. The molecule has 0 aromatic carbocycles. The zero-order valence-electron chi connectivity index (χ0n) is 7.17. The summed E-state index contributed by atoms with van der Waals surface area (Å²) in [5.74, 6) is 0. The lowest BCUT2D eigenvalue weighted by molar-refractivity contribution is 0.831. The number of nitrogens with zero attached hydrogens (tertiary/aromatic N) is 2. The first-order valence-corrected chi connectivity index (χ1v) is 4.17. The molecule has 1 aromatic rings. The molecule has 0 unspecified atom stereocenters. The van der Waals surface area contributed by atoms with E-state index in [9.17, 15) is 0 Å². The molecule has 1 aromatic heterocycles. The quantitative estimate of drug-likeness (QED) is 0.658. The van der Waals surface area contributed by atoms with Gasteiger partial charge in [0.1, 0.15) is 0 Å². The van der Waals surface area contributed by atoms with Gasteiger partial charge in [-0.25, -0.2) is 0 Å². The fraction of sp³-hybridized carbons (Fsp3) is 0.556. The van der Waals surface area contributed by atoms with Gasteiger partial charge >= 0.3 is 0 Å². The van der Waals surface area contributed by atoms with Crippen molar-refractivity contribution in [3.63, 3.8) is 0 Å². The molecule has 0 aliphatic carbocycles. The van der Waals surface area contributed by atoms with E-state index in [2.05, 4.69) is 23.8 Å². The van der Waals surface area contributed by atoms with Gasteiger partial charge in [0.15, 0.2) is 0 Å². The van der Waals surface area contributed by atoms with E-state index in [4.69, 9.17) is 0 Å². The van der Waals surface area contributed by atoms with Crippen molar-refractivity contribution in [2.24, 2.45) is 0 Å². The summed E-state index contributed by atoms with van der Waals surface area (Å²) in [6.07, 6.45) is 6.72. The third-order valence-electron chi connectivity index (χ3n) is 1.68. The number of rotatable bonds is 3. The van der Waals surface area contributed by atoms with Crippen molar-refractivity contribution in [3.8, 4) is 0 Å². The topological polar surface area (TPSA) is 25.8 Å². The first kappa shape index (κ1) is 8.18. The molecule has 60 valence electrons. The van der Waals surface area contributed by atoms with Crippen molar-refractivity contribution in [2.45, 2.75) is 33.1 Å². The van der Waals surface area contributed by atoms with Gasteiger partial charge in [-0.05, 0) is 12.8 Å². The van der Waals surface area contributed by atoms with E-state index in [1.165, 1.54) is 0 Å². The normalized spacial score (nSPS) is 10.0. The lowest BCUT2D eigenvalue weighted by Gasteiger charge is -2.01. The van der Waals surface area contributed by atoms with Crippen LogP contribution in [0.2, 0.25) is 0 Å². The minimum Gasteiger partial charge on any atom is -0.258 e. The Labute approximate surface area is 67.7 Å². The molecule has 2 heteroatoms. The van der Waals surface area contributed by atoms with Crippen LogP contribution in [0, 0.1) is 0 Å². The molecular weight excluding hydrogens is 136 g/mol. The first-order chi connectivity index (χ1) is 5.38. The Kier molecular flexibility index (Phi) is 3.02. The van der Waals surface area contributed by atoms with Gasteiger partial charge < -0.3 is 0 Å². The smallest absolute Gasteiger partial charge is 0.0618 e. The molecule has 0 bridgehead atoms. The molecule has 1 rings (SSSR count). The van der Waals surface area contributed by atoms with Gasteiger partial charge in [-0.1, -0.05) is 20.3 Å². The number of aromatic nitrogens is 2. The minimum atomic E-state index is 0.989. The van der Waals surface area contributed by atoms with Gasteiger partial charge in [-0.15, -0.1) is 0 Å². The summed E-state index contributed by atoms with van der Waals surface area (Å²) in [7, 11) is 0. The lowest BCUT2D eigenvalue weighted by Crippen LogP contribution is -1.98. The number of aryl methyl sites for hydroxylation is 2. The van der Waals surface area contributed by atoms with E-state index < -0.39 is 0 Å². The maximum Gasteiger partial charge on any atom is 0.0618 e. The van der Waals surface area contributed by atoms with Crippen LogP contribution in [0.5, 0.6) is 0 Å². The number of hydrogen-bond donors (Lipinski definition) is 0. The summed E-state index contributed by atoms with van der Waals surface area (Å²) in [5.41, 5.74) is 2.31. The minimum absolute atomic E-state index is 0.989. The third kappa shape index (κ3) is 2.00. The highest BCUT2D eigenvalue weighted by Gasteiger charge is 1.99. The largest absolute Gasteiger partial charge is 0.258 e. The zero-order valence-corrected chi connectivity index (χ0v) is 7.17. The lowest BCUT2D eigenvalue weighted by atomic mass is 10.2. The summed E-state index contributed by atoms with van der Waals surface area (Å²) < 4.78 is 0. The van der Waals surface area contributed by atoms with Crippen LogP contribution in [0.3, 0.4) is 0 Å². The third-order valence-corrected chi connectivity index (χ3v) is 1.68. The summed E-state index contributed by atoms with van der Waals surface area (Å²) in [4.78, 5) is 8.53. The van der Waals surface area contributed by atoms with E-state index in [-0.39, 0.29) is 0 Å². The van der Waals surface area contributed by atoms with Crippen molar-refractivity contribution in [3.05, 3.63) is 23.8 Å². The molecule has 0 fully saturated rings. The van der Waals surface area contributed by atoms with E-state index in [0.29, 0.717) is 0 Å². The maximum absolute atomic E-state index is 4.28. The Morgan fingerprint density at radius 2 is 1.73 bits per heavy atom. The van der Waals surface area contributed by atoms with Gasteiger partial charge in [0, 0.05) is 12.4 Å². The fourth-order valence-corrected chi connectivity index (χ4v) is 1.14.